The number of hydrogen-bond acceptors (Lipinski definition) is 4. The molecule has 1 amide bonds. The lowest BCUT2D eigenvalue weighted by molar-refractivity contribution is -0.143. The van der Waals surface area contributed by atoms with Gasteiger partial charge in [-0.2, -0.15) is 0 Å². The first-order valence-corrected chi connectivity index (χ1v) is 6.14. The number of benzene rings is 1. The summed E-state index contributed by atoms with van der Waals surface area (Å²) in [5.41, 5.74) is 0.758. The van der Waals surface area contributed by atoms with Crippen LogP contribution in [-0.2, 0) is 14.3 Å². The first-order valence-electron chi connectivity index (χ1n) is 6.14. The second kappa shape index (κ2) is 7.41. The molecule has 5 nitrogen and oxygen atoms in total. The van der Waals surface area contributed by atoms with Crippen LogP contribution in [0.4, 0.5) is 0 Å². The minimum atomic E-state index is -0.451. The smallest absolute Gasteiger partial charge is 0.308 e. The zero-order valence-electron chi connectivity index (χ0n) is 11.4. The fraction of sp³-hybridized carbons (Fsp3) is 0.429. The average Bonchev–Trinajstić information content (AvgIpc) is 2.37. The minimum Gasteiger partial charge on any atom is -0.496 e. The highest BCUT2D eigenvalue weighted by atomic mass is 16.5. The van der Waals surface area contributed by atoms with Gasteiger partial charge >= 0.3 is 5.97 Å². The summed E-state index contributed by atoms with van der Waals surface area (Å²) in [6.07, 6.45) is 0.0772. The predicted octanol–water partition coefficient (Wildman–Crippen LogP) is 1.83. The molecule has 0 aliphatic heterocycles. The van der Waals surface area contributed by atoms with Crippen molar-refractivity contribution >= 4 is 11.9 Å². The monoisotopic (exact) mass is 265 g/mol. The van der Waals surface area contributed by atoms with E-state index in [1.165, 1.54) is 6.92 Å². The van der Waals surface area contributed by atoms with E-state index in [0.29, 0.717) is 12.4 Å². The third-order valence-electron chi connectivity index (χ3n) is 2.57. The Kier molecular flexibility index (Phi) is 5.85. The van der Waals surface area contributed by atoms with Crippen molar-refractivity contribution in [3.63, 3.8) is 0 Å². The van der Waals surface area contributed by atoms with Gasteiger partial charge in [-0.3, -0.25) is 9.59 Å². The van der Waals surface area contributed by atoms with E-state index in [1.54, 1.807) is 20.1 Å². The second-order valence-corrected chi connectivity index (χ2v) is 4.00. The van der Waals surface area contributed by atoms with E-state index in [0.717, 1.165) is 5.56 Å². The van der Waals surface area contributed by atoms with Crippen LogP contribution in [0, 0.1) is 0 Å². The van der Waals surface area contributed by atoms with E-state index in [1.807, 2.05) is 18.2 Å². The lowest BCUT2D eigenvalue weighted by atomic mass is 10.0. The molecule has 1 aromatic rings. The molecule has 0 aliphatic carbocycles. The number of methoxy groups -OCH3 is 1. The molecule has 1 unspecified atom stereocenters. The topological polar surface area (TPSA) is 64.6 Å². The largest absolute Gasteiger partial charge is 0.496 e. The zero-order valence-corrected chi connectivity index (χ0v) is 11.4. The predicted molar refractivity (Wildman–Crippen MR) is 70.8 cm³/mol. The van der Waals surface area contributed by atoms with Crippen molar-refractivity contribution in [3.05, 3.63) is 29.8 Å². The molecule has 0 bridgehead atoms. The molecular weight excluding hydrogens is 246 g/mol. The van der Waals surface area contributed by atoms with Crippen molar-refractivity contribution in [2.24, 2.45) is 0 Å². The van der Waals surface area contributed by atoms with Gasteiger partial charge in [-0.05, 0) is 13.0 Å². The van der Waals surface area contributed by atoms with Crippen LogP contribution in [0.15, 0.2) is 24.3 Å². The number of carbonyl (C=O) groups excluding carboxylic acids is 2. The molecule has 0 spiro atoms. The summed E-state index contributed by atoms with van der Waals surface area (Å²) in [5.74, 6) is 0.0675. The van der Waals surface area contributed by atoms with Crippen LogP contribution in [0.5, 0.6) is 5.75 Å². The van der Waals surface area contributed by atoms with Crippen LogP contribution < -0.4 is 10.1 Å². The summed E-state index contributed by atoms with van der Waals surface area (Å²) in [5, 5.41) is 2.74. The van der Waals surface area contributed by atoms with Gasteiger partial charge in [-0.15, -0.1) is 0 Å². The quantitative estimate of drug-likeness (QED) is 0.797. The Balaban J connectivity index is 2.95. The highest BCUT2D eigenvalue weighted by Gasteiger charge is 2.20. The summed E-state index contributed by atoms with van der Waals surface area (Å²) in [6, 6.07) is 6.82. The fourth-order valence-electron chi connectivity index (χ4n) is 1.82. The number of rotatable bonds is 6. The molecule has 0 radical (unpaired) electrons. The van der Waals surface area contributed by atoms with E-state index in [2.05, 4.69) is 5.32 Å². The molecule has 104 valence electrons. The van der Waals surface area contributed by atoms with Crippen LogP contribution in [0.25, 0.3) is 0 Å². The molecule has 1 aromatic carbocycles. The van der Waals surface area contributed by atoms with Crippen molar-refractivity contribution in [1.82, 2.24) is 5.32 Å². The summed E-state index contributed by atoms with van der Waals surface area (Å²) in [7, 11) is 1.55. The van der Waals surface area contributed by atoms with E-state index in [9.17, 15) is 9.59 Å². The maximum absolute atomic E-state index is 11.6. The first kappa shape index (κ1) is 15.0. The molecular formula is C14H19NO4. The molecule has 1 atom stereocenters. The maximum Gasteiger partial charge on any atom is 0.308 e. The number of carbonyl (C=O) groups is 2. The molecule has 0 saturated carbocycles. The van der Waals surface area contributed by atoms with Crippen molar-refractivity contribution in [3.8, 4) is 5.75 Å². The molecule has 5 heteroatoms. The lowest BCUT2D eigenvalue weighted by Gasteiger charge is -2.19. The third kappa shape index (κ3) is 4.62. The van der Waals surface area contributed by atoms with Gasteiger partial charge in [-0.25, -0.2) is 0 Å². The molecule has 1 rings (SSSR count). The summed E-state index contributed by atoms with van der Waals surface area (Å²) in [4.78, 5) is 22.9. The Morgan fingerprint density at radius 3 is 2.58 bits per heavy atom. The van der Waals surface area contributed by atoms with Gasteiger partial charge in [0, 0.05) is 12.5 Å². The Hall–Kier alpha value is -2.04. The number of ether oxygens (including phenoxy) is 2. The van der Waals surface area contributed by atoms with E-state index >= 15 is 0 Å². The van der Waals surface area contributed by atoms with Gasteiger partial charge in [0.15, 0.2) is 0 Å². The van der Waals surface area contributed by atoms with Crippen LogP contribution >= 0.6 is 0 Å². The number of hydrogen-bond donors (Lipinski definition) is 1. The van der Waals surface area contributed by atoms with Crippen molar-refractivity contribution < 1.29 is 19.1 Å². The number of esters is 1. The fourth-order valence-corrected chi connectivity index (χ4v) is 1.82. The van der Waals surface area contributed by atoms with Gasteiger partial charge in [0.25, 0.3) is 0 Å². The van der Waals surface area contributed by atoms with Gasteiger partial charge in [-0.1, -0.05) is 18.2 Å². The van der Waals surface area contributed by atoms with E-state index in [4.69, 9.17) is 9.47 Å². The van der Waals surface area contributed by atoms with E-state index < -0.39 is 6.04 Å². The Morgan fingerprint density at radius 2 is 2.00 bits per heavy atom. The van der Waals surface area contributed by atoms with Crippen LogP contribution in [0.1, 0.15) is 31.9 Å². The van der Waals surface area contributed by atoms with E-state index in [-0.39, 0.29) is 18.3 Å². The van der Waals surface area contributed by atoms with Gasteiger partial charge in [0.2, 0.25) is 5.91 Å². The van der Waals surface area contributed by atoms with Gasteiger partial charge in [0.1, 0.15) is 5.75 Å². The Bertz CT molecular complexity index is 445. The minimum absolute atomic E-state index is 0.0772. The summed E-state index contributed by atoms with van der Waals surface area (Å²) < 4.78 is 10.2. The molecule has 0 aliphatic rings. The lowest BCUT2D eigenvalue weighted by Crippen LogP contribution is -2.28. The van der Waals surface area contributed by atoms with Crippen molar-refractivity contribution in [1.29, 1.82) is 0 Å². The normalized spacial score (nSPS) is 11.5. The van der Waals surface area contributed by atoms with Crippen molar-refractivity contribution in [2.45, 2.75) is 26.3 Å². The van der Waals surface area contributed by atoms with Crippen LogP contribution in [0.2, 0.25) is 0 Å². The molecule has 0 fully saturated rings. The van der Waals surface area contributed by atoms with Crippen molar-refractivity contribution in [2.75, 3.05) is 13.7 Å². The Morgan fingerprint density at radius 1 is 1.32 bits per heavy atom. The third-order valence-corrected chi connectivity index (χ3v) is 2.57. The van der Waals surface area contributed by atoms with Crippen LogP contribution in [0.3, 0.4) is 0 Å². The Labute approximate surface area is 112 Å². The molecule has 0 saturated heterocycles. The highest BCUT2D eigenvalue weighted by molar-refractivity contribution is 5.76. The van der Waals surface area contributed by atoms with Crippen LogP contribution in [-0.4, -0.2) is 25.6 Å². The average molecular weight is 265 g/mol. The SMILES string of the molecule is CCOC(=O)CC(NC(C)=O)c1ccccc1OC. The second-order valence-electron chi connectivity index (χ2n) is 4.00. The molecule has 19 heavy (non-hydrogen) atoms. The zero-order chi connectivity index (χ0) is 14.3. The maximum atomic E-state index is 11.6. The first-order chi connectivity index (χ1) is 9.08. The number of nitrogens with one attached hydrogen (secondary N) is 1. The van der Waals surface area contributed by atoms with Gasteiger partial charge < -0.3 is 14.8 Å². The number of amides is 1. The standard InChI is InChI=1S/C14H19NO4/c1-4-19-14(17)9-12(15-10(2)16)11-7-5-6-8-13(11)18-3/h5-8,12H,4,9H2,1-3H3,(H,15,16). The number of para-hydroxylation sites is 1. The molecule has 1 N–H and O–H groups in total. The molecule has 0 heterocycles. The summed E-state index contributed by atoms with van der Waals surface area (Å²) in [6.45, 7) is 3.47. The summed E-state index contributed by atoms with van der Waals surface area (Å²) >= 11 is 0. The molecule has 0 aromatic heterocycles. The van der Waals surface area contributed by atoms with Gasteiger partial charge in [0.05, 0.1) is 26.2 Å². The highest BCUT2D eigenvalue weighted by Crippen LogP contribution is 2.27.